The Balaban J connectivity index is 2.80. The molecule has 26 heavy (non-hydrogen) atoms. The minimum atomic E-state index is -2.58. The molecular formula is C17H17NO7S. The van der Waals surface area contributed by atoms with Crippen LogP contribution in [0.1, 0.15) is 17.0 Å². The van der Waals surface area contributed by atoms with Gasteiger partial charge in [0.2, 0.25) is 11.3 Å². The summed E-state index contributed by atoms with van der Waals surface area (Å²) in [5.74, 6) is -5.60. The van der Waals surface area contributed by atoms with Crippen LogP contribution in [0.3, 0.4) is 0 Å². The highest BCUT2D eigenvalue weighted by atomic mass is 32.1. The van der Waals surface area contributed by atoms with Crippen molar-refractivity contribution in [2.45, 2.75) is 11.3 Å². The Hall–Kier alpha value is -3.07. The van der Waals surface area contributed by atoms with Gasteiger partial charge in [-0.3, -0.25) is 14.4 Å². The molecule has 0 radical (unpaired) electrons. The van der Waals surface area contributed by atoms with Crippen LogP contribution in [0.5, 0.6) is 11.5 Å². The molecule has 0 saturated carbocycles. The number of carboxylic acids is 2. The number of carbonyl (C=O) groups is 3. The molecule has 0 saturated heterocycles. The van der Waals surface area contributed by atoms with Gasteiger partial charge in [0, 0.05) is 0 Å². The van der Waals surface area contributed by atoms with Crippen LogP contribution in [0.4, 0.5) is 0 Å². The molecule has 1 aromatic carbocycles. The Morgan fingerprint density at radius 2 is 1.69 bits per heavy atom. The molecule has 0 aliphatic rings. The molecule has 4 N–H and O–H groups in total. The summed E-state index contributed by atoms with van der Waals surface area (Å²) in [5, 5.41) is 22.6. The van der Waals surface area contributed by atoms with Crippen molar-refractivity contribution in [2.24, 2.45) is 5.73 Å². The van der Waals surface area contributed by atoms with Crippen molar-refractivity contribution in [3.63, 3.8) is 0 Å². The topological polar surface area (TPSA) is 136 Å². The molecule has 1 unspecified atom stereocenters. The molecule has 2 rings (SSSR count). The fourth-order valence-corrected chi connectivity index (χ4v) is 3.62. The first-order valence-electron chi connectivity index (χ1n) is 7.31. The number of carboxylic acid groups (broad SMARTS) is 2. The van der Waals surface area contributed by atoms with Crippen molar-refractivity contribution < 1.29 is 34.1 Å². The number of thiophene rings is 1. The molecule has 2 aromatic rings. The van der Waals surface area contributed by atoms with Gasteiger partial charge in [0.25, 0.3) is 0 Å². The normalized spacial score (nSPS) is 12.2. The van der Waals surface area contributed by atoms with Gasteiger partial charge in [0.15, 0.2) is 11.5 Å². The Labute approximate surface area is 152 Å². The average molecular weight is 379 g/mol. The van der Waals surface area contributed by atoms with Gasteiger partial charge in [-0.25, -0.2) is 0 Å². The molecule has 1 amide bonds. The van der Waals surface area contributed by atoms with Crippen LogP contribution in [0.2, 0.25) is 0 Å². The SMILES string of the molecule is COc1ccc(C(C(N)=O)C(C(=O)O)(C(=O)O)c2ccsc2)cc1OC. The minimum absolute atomic E-state index is 0.0407. The molecular weight excluding hydrogens is 362 g/mol. The smallest absolute Gasteiger partial charge is 0.326 e. The standard InChI is InChI=1S/C17H17NO7S/c1-24-11-4-3-9(7-12(11)25-2)13(14(18)19)17(15(20)21,16(22)23)10-5-6-26-8-10/h3-8,13H,1-2H3,(H2,18,19)(H,20,21)(H,22,23). The molecule has 0 bridgehead atoms. The number of amides is 1. The van der Waals surface area contributed by atoms with Crippen molar-refractivity contribution in [1.29, 1.82) is 0 Å². The lowest BCUT2D eigenvalue weighted by Gasteiger charge is -2.31. The molecule has 1 atom stereocenters. The van der Waals surface area contributed by atoms with Gasteiger partial charge in [-0.1, -0.05) is 6.07 Å². The predicted molar refractivity (Wildman–Crippen MR) is 92.8 cm³/mol. The van der Waals surface area contributed by atoms with Crippen molar-refractivity contribution in [3.8, 4) is 11.5 Å². The van der Waals surface area contributed by atoms with Crippen LogP contribution < -0.4 is 15.2 Å². The third-order valence-electron chi connectivity index (χ3n) is 4.11. The average Bonchev–Trinajstić information content (AvgIpc) is 3.12. The quantitative estimate of drug-likeness (QED) is 0.590. The zero-order valence-corrected chi connectivity index (χ0v) is 14.8. The zero-order chi connectivity index (χ0) is 19.5. The number of methoxy groups -OCH3 is 2. The predicted octanol–water partition coefficient (Wildman–Crippen LogP) is 1.44. The number of primary amides is 1. The second-order valence-corrected chi connectivity index (χ2v) is 6.16. The van der Waals surface area contributed by atoms with Gasteiger partial charge < -0.3 is 25.4 Å². The Morgan fingerprint density at radius 1 is 1.08 bits per heavy atom. The van der Waals surface area contributed by atoms with Crippen LogP contribution in [-0.2, 0) is 19.8 Å². The minimum Gasteiger partial charge on any atom is -0.493 e. The summed E-state index contributed by atoms with van der Waals surface area (Å²) in [6.07, 6.45) is 0. The van der Waals surface area contributed by atoms with E-state index in [2.05, 4.69) is 0 Å². The summed E-state index contributed by atoms with van der Waals surface area (Å²) in [4.78, 5) is 36.5. The van der Waals surface area contributed by atoms with E-state index in [1.54, 1.807) is 0 Å². The van der Waals surface area contributed by atoms with E-state index < -0.39 is 29.2 Å². The number of rotatable bonds is 8. The molecule has 8 nitrogen and oxygen atoms in total. The fraction of sp³-hybridized carbons (Fsp3) is 0.235. The number of nitrogens with two attached hydrogens (primary N) is 1. The first kappa shape index (κ1) is 19.3. The fourth-order valence-electron chi connectivity index (χ4n) is 2.90. The second kappa shape index (κ2) is 7.44. The van der Waals surface area contributed by atoms with Crippen LogP contribution in [0, 0.1) is 0 Å². The molecule has 0 aliphatic heterocycles. The van der Waals surface area contributed by atoms with Crippen LogP contribution in [0.15, 0.2) is 35.0 Å². The van der Waals surface area contributed by atoms with E-state index in [0.717, 1.165) is 11.3 Å². The number of carbonyl (C=O) groups excluding carboxylic acids is 1. The number of benzene rings is 1. The highest BCUT2D eigenvalue weighted by Gasteiger charge is 2.58. The number of aliphatic carboxylic acids is 2. The van der Waals surface area contributed by atoms with E-state index in [1.165, 1.54) is 49.2 Å². The lowest BCUT2D eigenvalue weighted by molar-refractivity contribution is -0.161. The van der Waals surface area contributed by atoms with Crippen LogP contribution in [0.25, 0.3) is 0 Å². The summed E-state index contributed by atoms with van der Waals surface area (Å²) in [7, 11) is 2.77. The van der Waals surface area contributed by atoms with E-state index in [9.17, 15) is 24.6 Å². The van der Waals surface area contributed by atoms with Gasteiger partial charge in [-0.15, -0.1) is 0 Å². The number of ether oxygens (including phenoxy) is 2. The van der Waals surface area contributed by atoms with E-state index >= 15 is 0 Å². The number of hydrogen-bond acceptors (Lipinski definition) is 6. The van der Waals surface area contributed by atoms with Gasteiger partial charge in [-0.2, -0.15) is 11.3 Å². The summed E-state index contributed by atoms with van der Waals surface area (Å²) in [6, 6.07) is 5.54. The van der Waals surface area contributed by atoms with Gasteiger partial charge in [0.05, 0.1) is 20.1 Å². The highest BCUT2D eigenvalue weighted by Crippen LogP contribution is 2.43. The molecule has 1 heterocycles. The van der Waals surface area contributed by atoms with E-state index in [0.29, 0.717) is 5.75 Å². The zero-order valence-electron chi connectivity index (χ0n) is 14.0. The van der Waals surface area contributed by atoms with Crippen molar-refractivity contribution in [2.75, 3.05) is 14.2 Å². The number of hydrogen-bond donors (Lipinski definition) is 3. The van der Waals surface area contributed by atoms with Crippen LogP contribution >= 0.6 is 11.3 Å². The van der Waals surface area contributed by atoms with Gasteiger partial charge in [-0.05, 0) is 40.1 Å². The van der Waals surface area contributed by atoms with Crippen molar-refractivity contribution in [1.82, 2.24) is 0 Å². The Bertz CT molecular complexity index is 818. The maximum atomic E-state index is 12.2. The molecule has 1 aromatic heterocycles. The molecule has 138 valence electrons. The second-order valence-electron chi connectivity index (χ2n) is 5.38. The van der Waals surface area contributed by atoms with Gasteiger partial charge in [0.1, 0.15) is 0 Å². The monoisotopic (exact) mass is 379 g/mol. The molecule has 9 heteroatoms. The molecule has 0 fully saturated rings. The van der Waals surface area contributed by atoms with Crippen molar-refractivity contribution >= 4 is 29.2 Å². The lowest BCUT2D eigenvalue weighted by Crippen LogP contribution is -2.52. The highest BCUT2D eigenvalue weighted by molar-refractivity contribution is 7.08. The summed E-state index contributed by atoms with van der Waals surface area (Å²) in [5.41, 5.74) is 2.93. The van der Waals surface area contributed by atoms with Crippen molar-refractivity contribution in [3.05, 3.63) is 46.2 Å². The first-order valence-corrected chi connectivity index (χ1v) is 8.25. The summed E-state index contributed by atoms with van der Waals surface area (Å²) >= 11 is 1.12. The third kappa shape index (κ3) is 2.97. The van der Waals surface area contributed by atoms with E-state index in [-0.39, 0.29) is 16.9 Å². The first-order chi connectivity index (χ1) is 12.3. The Kier molecular flexibility index (Phi) is 5.51. The van der Waals surface area contributed by atoms with E-state index in [1.807, 2.05) is 0 Å². The maximum absolute atomic E-state index is 12.2. The molecule has 0 spiro atoms. The lowest BCUT2D eigenvalue weighted by atomic mass is 9.67. The third-order valence-corrected chi connectivity index (χ3v) is 4.79. The summed E-state index contributed by atoms with van der Waals surface area (Å²) < 4.78 is 10.3. The Morgan fingerprint density at radius 3 is 2.12 bits per heavy atom. The maximum Gasteiger partial charge on any atom is 0.326 e. The van der Waals surface area contributed by atoms with E-state index in [4.69, 9.17) is 15.2 Å². The molecule has 0 aliphatic carbocycles. The largest absolute Gasteiger partial charge is 0.493 e. The van der Waals surface area contributed by atoms with Gasteiger partial charge >= 0.3 is 11.9 Å². The summed E-state index contributed by atoms with van der Waals surface area (Å²) in [6.45, 7) is 0. The van der Waals surface area contributed by atoms with Crippen LogP contribution in [-0.4, -0.2) is 42.3 Å².